The van der Waals surface area contributed by atoms with Gasteiger partial charge in [0.25, 0.3) is 0 Å². The van der Waals surface area contributed by atoms with Crippen molar-refractivity contribution in [2.75, 3.05) is 0 Å². The topological polar surface area (TPSA) is 137 Å². The van der Waals surface area contributed by atoms with E-state index in [1.165, 1.54) is 33.4 Å². The van der Waals surface area contributed by atoms with E-state index in [0.717, 1.165) is 205 Å². The molecule has 0 amide bonds. The third-order valence-corrected chi connectivity index (χ3v) is 19.9. The second-order valence-electron chi connectivity index (χ2n) is 29.2. The summed E-state index contributed by atoms with van der Waals surface area (Å²) in [6.45, 7) is 28.5. The van der Waals surface area contributed by atoms with Crippen LogP contribution in [0, 0.1) is 96.9 Å². The minimum absolute atomic E-state index is 0.776. The van der Waals surface area contributed by atoms with Crippen molar-refractivity contribution in [2.45, 2.75) is 96.9 Å². The lowest BCUT2D eigenvalue weighted by atomic mass is 10.1. The van der Waals surface area contributed by atoms with Crippen molar-refractivity contribution < 1.29 is 56.8 Å². The van der Waals surface area contributed by atoms with E-state index in [9.17, 15) is 0 Å². The summed E-state index contributed by atoms with van der Waals surface area (Å²) in [5.74, 6) is 19.2. The van der Waals surface area contributed by atoms with E-state index >= 15 is 0 Å². The number of benzene rings is 14. The number of aromatic nitrogens is 2. The zero-order chi connectivity index (χ0) is 80.7. The SMILES string of the molecule is Cc1cc2c(cc1C)Oc1ccccc1O2.Cc1ccc(-c2cnc(-c3ccc(C)cc3)cn2)cc1.Cc1ccc(C)c2c1Oc1ccccc1O2.Cc1ccc2c(c1)Oc1c(C)cccc1O2.Cc1ccc2c(c1)Oc1cccc(C)c1O2.Cc1cccc2c1Oc1c(C)cccc1O2.Cc1cccc2c1Oc1cccc(C)c1O2. The van der Waals surface area contributed by atoms with Crippen LogP contribution in [0.5, 0.6) is 138 Å². The third-order valence-electron chi connectivity index (χ3n) is 19.9. The van der Waals surface area contributed by atoms with E-state index in [2.05, 4.69) is 86.2 Å². The Balaban J connectivity index is 0.000000106. The molecule has 0 aliphatic carbocycles. The molecule has 0 bridgehead atoms. The second-order valence-corrected chi connectivity index (χ2v) is 29.2. The molecule has 0 fully saturated rings. The van der Waals surface area contributed by atoms with Crippen LogP contribution in [-0.4, -0.2) is 9.97 Å². The largest absolute Gasteiger partial charge is 0.450 e. The van der Waals surface area contributed by atoms with Gasteiger partial charge in [-0.25, -0.2) is 0 Å². The highest BCUT2D eigenvalue weighted by Crippen LogP contribution is 2.53. The zero-order valence-electron chi connectivity index (χ0n) is 67.4. The van der Waals surface area contributed by atoms with Crippen LogP contribution in [0.4, 0.5) is 0 Å². The Bertz CT molecular complexity index is 5850. The molecule has 0 saturated carbocycles. The van der Waals surface area contributed by atoms with Crippen molar-refractivity contribution in [1.82, 2.24) is 9.97 Å². The molecule has 14 nitrogen and oxygen atoms in total. The molecule has 116 heavy (non-hydrogen) atoms. The Kier molecular flexibility index (Phi) is 22.6. The number of aryl methyl sites for hydroxylation is 14. The van der Waals surface area contributed by atoms with Crippen molar-refractivity contribution >= 4 is 0 Å². The van der Waals surface area contributed by atoms with Crippen molar-refractivity contribution in [3.63, 3.8) is 0 Å². The summed E-state index contributed by atoms with van der Waals surface area (Å²) in [6.07, 6.45) is 3.67. The normalized spacial score (nSPS) is 11.8. The van der Waals surface area contributed by atoms with E-state index in [1.807, 2.05) is 300 Å². The van der Waals surface area contributed by atoms with Crippen LogP contribution in [0.15, 0.2) is 279 Å². The fraction of sp³-hybridized carbons (Fsp3) is 0.137. The standard InChI is InChI=1S/C18H16N2.6C14H12O2/c1-13-3-7-15(8-4-13)17-11-20-18(12-19-17)16-9-5-14(2)6-10-16;1-9-5-3-7-11-13(9)15-12-8-4-6-10(2)14(12)16-11;1-9-5-3-7-11-13(9)16-14-10(2)6-4-8-12(14)15-11;1-9-6-7-11-13(8-9)15-12-5-3-4-10(2)14(12)16-11;1-9-6-7-11-13(8-9)16-14-10(2)4-3-5-12(14)15-11;1-9-7-13-14(8-10(9)2)16-12-6-4-3-5-11(12)15-13;1-9-7-8-10(2)14-13(9)15-11-5-3-4-6-12(11)16-14/h3-12H,1-2H3;6*3-8H,1-2H3. The van der Waals surface area contributed by atoms with E-state index in [1.54, 1.807) is 0 Å². The predicted molar refractivity (Wildman–Crippen MR) is 457 cm³/mol. The number of fused-ring (bicyclic) bond motifs is 12. The molecular formula is C102H88N2O12. The molecule has 0 N–H and O–H groups in total. The first-order valence-electron chi connectivity index (χ1n) is 38.5. The minimum atomic E-state index is 0.776. The Morgan fingerprint density at radius 2 is 0.379 bits per heavy atom. The number of hydrogen-bond acceptors (Lipinski definition) is 14. The lowest BCUT2D eigenvalue weighted by Crippen LogP contribution is -2.01. The summed E-state index contributed by atoms with van der Waals surface area (Å²) in [4.78, 5) is 9.03. The fourth-order valence-corrected chi connectivity index (χ4v) is 13.2. The molecule has 14 heteroatoms. The second kappa shape index (κ2) is 34.0. The van der Waals surface area contributed by atoms with E-state index in [0.29, 0.717) is 0 Å². The first kappa shape index (κ1) is 77.1. The zero-order valence-corrected chi connectivity index (χ0v) is 67.4. The summed E-state index contributed by atoms with van der Waals surface area (Å²) in [5, 5.41) is 0. The van der Waals surface area contributed by atoms with Gasteiger partial charge >= 0.3 is 0 Å². The van der Waals surface area contributed by atoms with Crippen LogP contribution in [0.3, 0.4) is 0 Å². The molecule has 0 saturated heterocycles. The van der Waals surface area contributed by atoms with Gasteiger partial charge in [-0.15, -0.1) is 0 Å². The molecule has 0 radical (unpaired) electrons. The summed E-state index contributed by atoms with van der Waals surface area (Å²) in [5.41, 5.74) is 20.0. The van der Waals surface area contributed by atoms with Gasteiger partial charge in [0.2, 0.25) is 0 Å². The highest BCUT2D eigenvalue weighted by Gasteiger charge is 2.27. The lowest BCUT2D eigenvalue weighted by Gasteiger charge is -2.23. The Morgan fingerprint density at radius 3 is 0.733 bits per heavy atom. The molecule has 578 valence electrons. The third kappa shape index (κ3) is 17.4. The number of hydrogen-bond donors (Lipinski definition) is 0. The van der Waals surface area contributed by atoms with Crippen LogP contribution >= 0.6 is 0 Å². The number of rotatable bonds is 2. The van der Waals surface area contributed by atoms with Gasteiger partial charge in [0.1, 0.15) is 0 Å². The molecule has 0 atom stereocenters. The Labute approximate surface area is 677 Å². The molecule has 6 aliphatic rings. The fourth-order valence-electron chi connectivity index (χ4n) is 13.2. The average Bonchev–Trinajstić information content (AvgIpc) is 0.838. The van der Waals surface area contributed by atoms with Crippen LogP contribution in [-0.2, 0) is 0 Å². The van der Waals surface area contributed by atoms with Crippen LogP contribution < -0.4 is 56.8 Å². The maximum absolute atomic E-state index is 5.91. The van der Waals surface area contributed by atoms with Gasteiger partial charge in [-0.2, -0.15) is 0 Å². The molecular weight excluding hydrogens is 1450 g/mol. The number of ether oxygens (including phenoxy) is 12. The van der Waals surface area contributed by atoms with Gasteiger partial charge in [0.05, 0.1) is 23.8 Å². The van der Waals surface area contributed by atoms with E-state index in [4.69, 9.17) is 56.8 Å². The molecule has 1 aromatic heterocycles. The molecule has 14 aromatic carbocycles. The Morgan fingerprint density at radius 1 is 0.155 bits per heavy atom. The summed E-state index contributed by atoms with van der Waals surface area (Å²) in [6, 6.07) is 87.6. The summed E-state index contributed by atoms with van der Waals surface area (Å²) >= 11 is 0. The molecule has 15 aromatic rings. The highest BCUT2D eigenvalue weighted by molar-refractivity contribution is 5.67. The van der Waals surface area contributed by atoms with E-state index < -0.39 is 0 Å². The first-order valence-corrected chi connectivity index (χ1v) is 38.5. The Hall–Kier alpha value is -14.2. The molecule has 6 aliphatic heterocycles. The van der Waals surface area contributed by atoms with Gasteiger partial charge in [-0.3, -0.25) is 9.97 Å². The summed E-state index contributed by atoms with van der Waals surface area (Å²) < 4.78 is 70.1. The van der Waals surface area contributed by atoms with Crippen molar-refractivity contribution in [2.24, 2.45) is 0 Å². The maximum Gasteiger partial charge on any atom is 0.173 e. The van der Waals surface area contributed by atoms with Crippen molar-refractivity contribution in [1.29, 1.82) is 0 Å². The van der Waals surface area contributed by atoms with Crippen molar-refractivity contribution in [3.8, 4) is 161 Å². The molecule has 0 spiro atoms. The van der Waals surface area contributed by atoms with Crippen LogP contribution in [0.25, 0.3) is 22.5 Å². The predicted octanol–water partition coefficient (Wildman–Crippen LogP) is 29.6. The quantitative estimate of drug-likeness (QED) is 0.162. The maximum atomic E-state index is 5.91. The number of para-hydroxylation sites is 10. The van der Waals surface area contributed by atoms with Gasteiger partial charge in [0.15, 0.2) is 138 Å². The van der Waals surface area contributed by atoms with Gasteiger partial charge in [-0.05, 0) is 261 Å². The smallest absolute Gasteiger partial charge is 0.173 e. The highest BCUT2D eigenvalue weighted by atomic mass is 16.6. The molecule has 7 heterocycles. The average molecular weight is 1530 g/mol. The van der Waals surface area contributed by atoms with Gasteiger partial charge in [0, 0.05) is 11.1 Å². The molecule has 21 rings (SSSR count). The van der Waals surface area contributed by atoms with Gasteiger partial charge < -0.3 is 56.8 Å². The minimum Gasteiger partial charge on any atom is -0.450 e. The monoisotopic (exact) mass is 1530 g/mol. The van der Waals surface area contributed by atoms with Crippen LogP contribution in [0.2, 0.25) is 0 Å². The van der Waals surface area contributed by atoms with E-state index in [-0.39, 0.29) is 0 Å². The van der Waals surface area contributed by atoms with Gasteiger partial charge in [-0.1, -0.05) is 181 Å². The number of nitrogens with zero attached hydrogens (tertiary/aromatic N) is 2. The summed E-state index contributed by atoms with van der Waals surface area (Å²) in [7, 11) is 0. The molecule has 0 unspecified atom stereocenters. The lowest BCUT2D eigenvalue weighted by molar-refractivity contribution is 0.355. The van der Waals surface area contributed by atoms with Crippen molar-refractivity contribution in [3.05, 3.63) is 357 Å². The van der Waals surface area contributed by atoms with Crippen LogP contribution in [0.1, 0.15) is 77.9 Å². The first-order chi connectivity index (χ1) is 56.2.